The Morgan fingerprint density at radius 1 is 0.688 bits per heavy atom. The van der Waals surface area contributed by atoms with Crippen LogP contribution in [0.4, 0.5) is 0 Å². The molecular formula is C12H28O4. The zero-order chi connectivity index (χ0) is 12.5. The summed E-state index contributed by atoms with van der Waals surface area (Å²) in [6.45, 7) is 6.94. The summed E-state index contributed by atoms with van der Waals surface area (Å²) in [5.41, 5.74) is 0. The van der Waals surface area contributed by atoms with Gasteiger partial charge in [0.05, 0.1) is 26.4 Å². The van der Waals surface area contributed by atoms with Crippen LogP contribution in [0.5, 0.6) is 0 Å². The molecule has 0 rings (SSSR count). The van der Waals surface area contributed by atoms with Crippen LogP contribution in [-0.4, -0.2) is 49.9 Å². The molecule has 0 aromatic rings. The lowest BCUT2D eigenvalue weighted by molar-refractivity contribution is 0.0650. The van der Waals surface area contributed by atoms with Gasteiger partial charge in [-0.3, -0.25) is 0 Å². The Kier molecular flexibility index (Phi) is 23.1. The Labute approximate surface area is 99.6 Å². The van der Waals surface area contributed by atoms with Gasteiger partial charge in [0.25, 0.3) is 0 Å². The summed E-state index contributed by atoms with van der Waals surface area (Å²) in [6.07, 6.45) is 4.97. The number of unbranched alkanes of at least 4 members (excludes halogenated alkanes) is 2. The zero-order valence-corrected chi connectivity index (χ0v) is 10.8. The van der Waals surface area contributed by atoms with Gasteiger partial charge in [0.2, 0.25) is 0 Å². The maximum Gasteiger partial charge on any atom is 0.0698 e. The Morgan fingerprint density at radius 3 is 1.69 bits per heavy atom. The molecule has 4 nitrogen and oxygen atoms in total. The van der Waals surface area contributed by atoms with Crippen LogP contribution in [0.25, 0.3) is 0 Å². The molecule has 4 heteroatoms. The molecule has 0 fully saturated rings. The summed E-state index contributed by atoms with van der Waals surface area (Å²) in [5.74, 6) is 0. The van der Waals surface area contributed by atoms with Gasteiger partial charge in [0.1, 0.15) is 0 Å². The molecule has 0 aromatic carbocycles. The highest BCUT2D eigenvalue weighted by Crippen LogP contribution is 1.93. The molecule has 16 heavy (non-hydrogen) atoms. The first-order valence-corrected chi connectivity index (χ1v) is 6.20. The van der Waals surface area contributed by atoms with Crippen LogP contribution in [0, 0.1) is 0 Å². The van der Waals surface area contributed by atoms with Crippen LogP contribution in [0.2, 0.25) is 0 Å². The Bertz CT molecular complexity index is 89.0. The molecule has 0 atom stereocenters. The van der Waals surface area contributed by atoms with E-state index in [1.165, 1.54) is 19.3 Å². The summed E-state index contributed by atoms with van der Waals surface area (Å²) in [6, 6.07) is 0. The van der Waals surface area contributed by atoms with Crippen molar-refractivity contribution in [3.8, 4) is 0 Å². The van der Waals surface area contributed by atoms with Gasteiger partial charge in [0.15, 0.2) is 0 Å². The Balaban J connectivity index is 0. The van der Waals surface area contributed by atoms with Crippen LogP contribution >= 0.6 is 0 Å². The lowest BCUT2D eigenvalue weighted by Crippen LogP contribution is -2.03. The highest BCUT2D eigenvalue weighted by Gasteiger charge is 1.84. The van der Waals surface area contributed by atoms with Crippen LogP contribution in [-0.2, 0) is 9.47 Å². The first-order chi connectivity index (χ1) is 7.83. The van der Waals surface area contributed by atoms with Crippen molar-refractivity contribution in [3.05, 3.63) is 0 Å². The molecular weight excluding hydrogens is 208 g/mol. The molecule has 0 saturated carbocycles. The minimum atomic E-state index is 0.0278. The van der Waals surface area contributed by atoms with E-state index in [4.69, 9.17) is 14.9 Å². The summed E-state index contributed by atoms with van der Waals surface area (Å²) >= 11 is 0. The van der Waals surface area contributed by atoms with Gasteiger partial charge in [-0.2, -0.15) is 0 Å². The van der Waals surface area contributed by atoms with Gasteiger partial charge in [-0.05, 0) is 12.8 Å². The molecule has 100 valence electrons. The van der Waals surface area contributed by atoms with Gasteiger partial charge < -0.3 is 19.7 Å². The van der Waals surface area contributed by atoms with Gasteiger partial charge in [-0.1, -0.05) is 26.7 Å². The van der Waals surface area contributed by atoms with E-state index in [0.29, 0.717) is 13.2 Å². The van der Waals surface area contributed by atoms with Crippen molar-refractivity contribution in [1.82, 2.24) is 0 Å². The molecule has 0 aliphatic rings. The van der Waals surface area contributed by atoms with Crippen molar-refractivity contribution in [2.45, 2.75) is 39.5 Å². The molecule has 0 bridgehead atoms. The molecule has 0 aliphatic heterocycles. The van der Waals surface area contributed by atoms with E-state index in [-0.39, 0.29) is 13.2 Å². The molecule has 0 unspecified atom stereocenters. The standard InChI is InChI=1S/C8H18O.C4H10O3/c1-3-5-6-8-9-7-4-2;5-1-3-7-4-2-6/h3-8H2,1-2H3;5-6H,1-4H2. The van der Waals surface area contributed by atoms with Crippen LogP contribution < -0.4 is 0 Å². The fraction of sp³-hybridized carbons (Fsp3) is 1.00. The van der Waals surface area contributed by atoms with E-state index in [0.717, 1.165) is 19.6 Å². The van der Waals surface area contributed by atoms with E-state index in [1.54, 1.807) is 0 Å². The smallest absolute Gasteiger partial charge is 0.0698 e. The topological polar surface area (TPSA) is 58.9 Å². The molecule has 0 spiro atoms. The van der Waals surface area contributed by atoms with Crippen molar-refractivity contribution >= 4 is 0 Å². The number of aliphatic hydroxyl groups is 2. The Hall–Kier alpha value is -0.160. The maximum atomic E-state index is 8.09. The summed E-state index contributed by atoms with van der Waals surface area (Å²) in [4.78, 5) is 0. The second-order valence-corrected chi connectivity index (χ2v) is 3.38. The highest BCUT2D eigenvalue weighted by molar-refractivity contribution is 4.35. The summed E-state index contributed by atoms with van der Waals surface area (Å²) < 4.78 is 9.92. The third kappa shape index (κ3) is 23.6. The SMILES string of the molecule is CCCCCOCCC.OCCOCCO. The monoisotopic (exact) mass is 236 g/mol. The highest BCUT2D eigenvalue weighted by atomic mass is 16.5. The van der Waals surface area contributed by atoms with Crippen molar-refractivity contribution in [2.24, 2.45) is 0 Å². The van der Waals surface area contributed by atoms with Crippen LogP contribution in [0.1, 0.15) is 39.5 Å². The van der Waals surface area contributed by atoms with E-state index in [1.807, 2.05) is 0 Å². The minimum Gasteiger partial charge on any atom is -0.394 e. The zero-order valence-electron chi connectivity index (χ0n) is 10.8. The van der Waals surface area contributed by atoms with Gasteiger partial charge in [-0.25, -0.2) is 0 Å². The van der Waals surface area contributed by atoms with Gasteiger partial charge >= 0.3 is 0 Å². The quantitative estimate of drug-likeness (QED) is 0.566. The summed E-state index contributed by atoms with van der Waals surface area (Å²) in [7, 11) is 0. The first kappa shape index (κ1) is 18.2. The number of ether oxygens (including phenoxy) is 2. The third-order valence-corrected chi connectivity index (χ3v) is 1.71. The first-order valence-electron chi connectivity index (χ1n) is 6.20. The summed E-state index contributed by atoms with van der Waals surface area (Å²) in [5, 5.41) is 16.2. The molecule has 0 aliphatic carbocycles. The van der Waals surface area contributed by atoms with E-state index >= 15 is 0 Å². The predicted molar refractivity (Wildman–Crippen MR) is 65.6 cm³/mol. The fourth-order valence-corrected chi connectivity index (χ4v) is 0.932. The number of hydrogen-bond acceptors (Lipinski definition) is 4. The van der Waals surface area contributed by atoms with Crippen LogP contribution in [0.15, 0.2) is 0 Å². The second kappa shape index (κ2) is 20.3. The van der Waals surface area contributed by atoms with Crippen molar-refractivity contribution in [3.63, 3.8) is 0 Å². The van der Waals surface area contributed by atoms with E-state index in [9.17, 15) is 0 Å². The molecule has 0 saturated heterocycles. The Morgan fingerprint density at radius 2 is 1.25 bits per heavy atom. The largest absolute Gasteiger partial charge is 0.394 e. The van der Waals surface area contributed by atoms with Crippen molar-refractivity contribution < 1.29 is 19.7 Å². The molecule has 2 N–H and O–H groups in total. The van der Waals surface area contributed by atoms with E-state index in [2.05, 4.69) is 18.6 Å². The number of aliphatic hydroxyl groups excluding tert-OH is 2. The minimum absolute atomic E-state index is 0.0278. The van der Waals surface area contributed by atoms with Crippen LogP contribution in [0.3, 0.4) is 0 Å². The van der Waals surface area contributed by atoms with Gasteiger partial charge in [0, 0.05) is 13.2 Å². The lowest BCUT2D eigenvalue weighted by Gasteiger charge is -1.99. The average Bonchev–Trinajstić information content (AvgIpc) is 2.31. The lowest BCUT2D eigenvalue weighted by atomic mass is 10.3. The van der Waals surface area contributed by atoms with E-state index < -0.39 is 0 Å². The van der Waals surface area contributed by atoms with Gasteiger partial charge in [-0.15, -0.1) is 0 Å². The second-order valence-electron chi connectivity index (χ2n) is 3.38. The molecule has 0 radical (unpaired) electrons. The molecule has 0 amide bonds. The fourth-order valence-electron chi connectivity index (χ4n) is 0.932. The maximum absolute atomic E-state index is 8.09. The molecule has 0 aromatic heterocycles. The number of rotatable bonds is 10. The average molecular weight is 236 g/mol. The van der Waals surface area contributed by atoms with Crippen molar-refractivity contribution in [2.75, 3.05) is 39.6 Å². The molecule has 0 heterocycles. The predicted octanol–water partition coefficient (Wildman–Crippen LogP) is 1.59. The normalized spacial score (nSPS) is 9.75. The van der Waals surface area contributed by atoms with Crippen molar-refractivity contribution in [1.29, 1.82) is 0 Å². The third-order valence-electron chi connectivity index (χ3n) is 1.71. The number of hydrogen-bond donors (Lipinski definition) is 2.